The number of aliphatic imine (C=N–C) groups is 3. The van der Waals surface area contributed by atoms with Crippen LogP contribution in [0.15, 0.2) is 63.6 Å². The second-order valence-electron chi connectivity index (χ2n) is 7.14. The van der Waals surface area contributed by atoms with Crippen LogP contribution < -0.4 is 10.5 Å². The minimum atomic E-state index is -2.96. The molecular formula is C23H23F2N5O2. The van der Waals surface area contributed by atoms with Crippen molar-refractivity contribution in [1.82, 2.24) is 4.90 Å². The van der Waals surface area contributed by atoms with E-state index in [-0.39, 0.29) is 17.6 Å². The van der Waals surface area contributed by atoms with E-state index < -0.39 is 12.2 Å². The predicted octanol–water partition coefficient (Wildman–Crippen LogP) is 3.37. The number of allylic oxidation sites excluding steroid dienone is 1. The molecule has 9 heteroatoms. The van der Waals surface area contributed by atoms with Crippen molar-refractivity contribution in [2.45, 2.75) is 19.1 Å². The van der Waals surface area contributed by atoms with Crippen molar-refractivity contribution in [2.24, 2.45) is 20.7 Å². The third kappa shape index (κ3) is 4.01. The zero-order chi connectivity index (χ0) is 23.5. The summed E-state index contributed by atoms with van der Waals surface area (Å²) in [6.45, 7) is 2.15. The lowest BCUT2D eigenvalue weighted by Gasteiger charge is -2.27. The highest BCUT2D eigenvalue weighted by molar-refractivity contribution is 6.11. The molecule has 1 aliphatic rings. The van der Waals surface area contributed by atoms with Gasteiger partial charge in [-0.1, -0.05) is 24.3 Å². The van der Waals surface area contributed by atoms with Crippen LogP contribution in [-0.2, 0) is 10.3 Å². The molecule has 0 bridgehead atoms. The second kappa shape index (κ2) is 9.09. The number of guanidine groups is 1. The number of carbonyl (C=O) groups is 1. The van der Waals surface area contributed by atoms with Gasteiger partial charge >= 0.3 is 6.61 Å². The number of rotatable bonds is 7. The summed E-state index contributed by atoms with van der Waals surface area (Å²) >= 11 is 0. The van der Waals surface area contributed by atoms with Crippen LogP contribution in [0.2, 0.25) is 0 Å². The van der Waals surface area contributed by atoms with Crippen molar-refractivity contribution in [3.63, 3.8) is 0 Å². The van der Waals surface area contributed by atoms with E-state index in [1.165, 1.54) is 18.0 Å². The summed E-state index contributed by atoms with van der Waals surface area (Å²) in [7, 11) is 3.17. The molecule has 1 amide bonds. The summed E-state index contributed by atoms with van der Waals surface area (Å²) in [5.74, 6) is -0.306. The molecule has 1 atom stereocenters. The fourth-order valence-electron chi connectivity index (χ4n) is 3.63. The van der Waals surface area contributed by atoms with Crippen molar-refractivity contribution in [3.05, 3.63) is 70.9 Å². The molecule has 1 heterocycles. The fourth-order valence-corrected chi connectivity index (χ4v) is 3.63. The van der Waals surface area contributed by atoms with Crippen LogP contribution in [0.1, 0.15) is 22.3 Å². The molecule has 0 fully saturated rings. The third-order valence-corrected chi connectivity index (χ3v) is 5.16. The van der Waals surface area contributed by atoms with Gasteiger partial charge in [0.2, 0.25) is 0 Å². The molecular weight excluding hydrogens is 416 g/mol. The van der Waals surface area contributed by atoms with Gasteiger partial charge in [-0.3, -0.25) is 19.7 Å². The Morgan fingerprint density at radius 3 is 2.56 bits per heavy atom. The lowest BCUT2D eigenvalue weighted by atomic mass is 9.81. The lowest BCUT2D eigenvalue weighted by molar-refractivity contribution is -0.129. The summed E-state index contributed by atoms with van der Waals surface area (Å²) < 4.78 is 30.0. The minimum absolute atomic E-state index is 0.0184. The van der Waals surface area contributed by atoms with Crippen molar-refractivity contribution >= 4 is 30.4 Å². The Balaban J connectivity index is 2.23. The predicted molar refractivity (Wildman–Crippen MR) is 121 cm³/mol. The zero-order valence-corrected chi connectivity index (χ0v) is 17.9. The Labute approximate surface area is 184 Å². The molecule has 0 radical (unpaired) electrons. The van der Waals surface area contributed by atoms with E-state index in [1.807, 2.05) is 6.07 Å². The highest BCUT2D eigenvalue weighted by Gasteiger charge is 2.49. The summed E-state index contributed by atoms with van der Waals surface area (Å²) in [5, 5.41) is 0. The van der Waals surface area contributed by atoms with Gasteiger partial charge in [-0.15, -0.1) is 0 Å². The normalized spacial score (nSPS) is 19.1. The number of carbonyl (C=O) groups excluding carboxylic acids is 1. The maximum atomic E-state index is 13.5. The molecule has 0 spiro atoms. The largest absolute Gasteiger partial charge is 0.435 e. The van der Waals surface area contributed by atoms with Gasteiger partial charge in [0.15, 0.2) is 11.5 Å². The Kier molecular flexibility index (Phi) is 6.47. The van der Waals surface area contributed by atoms with Crippen LogP contribution in [-0.4, -0.2) is 50.4 Å². The molecule has 2 aromatic carbocycles. The molecule has 0 aromatic heterocycles. The molecule has 7 nitrogen and oxygen atoms in total. The van der Waals surface area contributed by atoms with Crippen LogP contribution in [0.3, 0.4) is 0 Å². The summed E-state index contributed by atoms with van der Waals surface area (Å²) in [5.41, 5.74) is 7.42. The SMILES string of the molecule is C=N/C=C(\C=N/C)c1cccc(C2(c3ccc(OC(F)F)c(C)c3)N=C(N)N(C)C2=O)c1. The number of aryl methyl sites for hydroxylation is 1. The van der Waals surface area contributed by atoms with Gasteiger partial charge in [0.25, 0.3) is 5.91 Å². The number of alkyl halides is 2. The summed E-state index contributed by atoms with van der Waals surface area (Å²) in [4.78, 5) is 27.1. The van der Waals surface area contributed by atoms with E-state index in [9.17, 15) is 13.6 Å². The first-order chi connectivity index (χ1) is 15.2. The zero-order valence-electron chi connectivity index (χ0n) is 17.9. The molecule has 0 saturated carbocycles. The molecule has 2 aromatic rings. The quantitative estimate of drug-likeness (QED) is 0.671. The lowest BCUT2D eigenvalue weighted by Crippen LogP contribution is -2.41. The van der Waals surface area contributed by atoms with Gasteiger partial charge in [-0.2, -0.15) is 8.78 Å². The van der Waals surface area contributed by atoms with Gasteiger partial charge in [-0.05, 0) is 54.1 Å². The number of nitrogens with two attached hydrogens (primary N) is 1. The highest BCUT2D eigenvalue weighted by Crippen LogP contribution is 2.41. The van der Waals surface area contributed by atoms with Gasteiger partial charge in [-0.25, -0.2) is 4.99 Å². The van der Waals surface area contributed by atoms with Crippen LogP contribution in [0.25, 0.3) is 5.57 Å². The molecule has 166 valence electrons. The standard InChI is InChI=1S/C23H23F2N5O2/c1-14-10-18(8-9-19(14)32-21(24)25)23(20(31)30(4)22(26)29-23)17-7-5-6-15(11-17)16(12-27-2)13-28-3/h5-13,21H,2H2,1,3-4H3,(H2,26,29)/b16-12+,28-13-. The van der Waals surface area contributed by atoms with Crippen molar-refractivity contribution in [2.75, 3.05) is 14.1 Å². The molecule has 1 unspecified atom stereocenters. The molecule has 2 N–H and O–H groups in total. The van der Waals surface area contributed by atoms with Crippen molar-refractivity contribution in [3.8, 4) is 5.75 Å². The Bertz CT molecular complexity index is 1140. The van der Waals surface area contributed by atoms with E-state index in [0.717, 1.165) is 5.56 Å². The van der Waals surface area contributed by atoms with Crippen LogP contribution in [0.5, 0.6) is 5.75 Å². The molecule has 0 saturated heterocycles. The Morgan fingerprint density at radius 2 is 2.00 bits per heavy atom. The third-order valence-electron chi connectivity index (χ3n) is 5.16. The number of amides is 1. The van der Waals surface area contributed by atoms with Crippen LogP contribution in [0, 0.1) is 6.92 Å². The van der Waals surface area contributed by atoms with Gasteiger partial charge in [0.05, 0.1) is 0 Å². The van der Waals surface area contributed by atoms with Gasteiger partial charge < -0.3 is 10.5 Å². The first-order valence-electron chi connectivity index (χ1n) is 9.63. The maximum absolute atomic E-state index is 13.5. The first kappa shape index (κ1) is 22.8. The molecule has 3 rings (SSSR count). The second-order valence-corrected chi connectivity index (χ2v) is 7.14. The Morgan fingerprint density at radius 1 is 1.28 bits per heavy atom. The monoisotopic (exact) mass is 439 g/mol. The smallest absolute Gasteiger partial charge is 0.387 e. The highest BCUT2D eigenvalue weighted by atomic mass is 19.3. The number of hydrogen-bond donors (Lipinski definition) is 1. The van der Waals surface area contributed by atoms with E-state index in [1.54, 1.807) is 56.7 Å². The first-order valence-corrected chi connectivity index (χ1v) is 9.63. The molecule has 1 aliphatic heterocycles. The molecule has 0 aliphatic carbocycles. The number of ether oxygens (including phenoxy) is 1. The number of likely N-dealkylation sites (N-methyl/N-ethyl adjacent to an activating group) is 1. The van der Waals surface area contributed by atoms with Crippen molar-refractivity contribution in [1.29, 1.82) is 0 Å². The number of benzene rings is 2. The van der Waals surface area contributed by atoms with E-state index in [2.05, 4.69) is 26.4 Å². The maximum Gasteiger partial charge on any atom is 0.387 e. The van der Waals surface area contributed by atoms with Gasteiger partial charge in [0, 0.05) is 32.1 Å². The average Bonchev–Trinajstić information content (AvgIpc) is 2.99. The average molecular weight is 439 g/mol. The minimum Gasteiger partial charge on any atom is -0.435 e. The summed E-state index contributed by atoms with van der Waals surface area (Å²) in [6.07, 6.45) is 3.18. The summed E-state index contributed by atoms with van der Waals surface area (Å²) in [6, 6.07) is 11.7. The number of halogens is 2. The van der Waals surface area contributed by atoms with Gasteiger partial charge in [0.1, 0.15) is 5.75 Å². The van der Waals surface area contributed by atoms with Crippen LogP contribution in [0.4, 0.5) is 8.78 Å². The fraction of sp³-hybridized carbons (Fsp3) is 0.217. The number of hydrogen-bond acceptors (Lipinski definition) is 6. The van der Waals surface area contributed by atoms with E-state index in [0.29, 0.717) is 22.3 Å². The molecule has 32 heavy (non-hydrogen) atoms. The number of nitrogens with zero attached hydrogens (tertiary/aromatic N) is 4. The van der Waals surface area contributed by atoms with Crippen LogP contribution >= 0.6 is 0 Å². The topological polar surface area (TPSA) is 92.6 Å². The van der Waals surface area contributed by atoms with E-state index >= 15 is 0 Å². The van der Waals surface area contributed by atoms with E-state index in [4.69, 9.17) is 5.73 Å². The Hall–Kier alpha value is -3.88. The van der Waals surface area contributed by atoms with Crippen molar-refractivity contribution < 1.29 is 18.3 Å².